The number of aromatic nitrogens is 2. The number of rotatable bonds is 8. The van der Waals surface area contributed by atoms with E-state index in [1.54, 1.807) is 0 Å². The van der Waals surface area contributed by atoms with Gasteiger partial charge in [-0.1, -0.05) is 26.2 Å². The molecule has 0 saturated heterocycles. The van der Waals surface area contributed by atoms with Crippen molar-refractivity contribution < 1.29 is 9.53 Å². The molecule has 5 nitrogen and oxygen atoms in total. The van der Waals surface area contributed by atoms with E-state index in [2.05, 4.69) is 17.2 Å². The average molecular weight is 365 g/mol. The minimum absolute atomic E-state index is 0.169. The summed E-state index contributed by atoms with van der Waals surface area (Å²) < 4.78 is 7.57. The molecule has 27 heavy (non-hydrogen) atoms. The maximum absolute atomic E-state index is 12.7. The van der Waals surface area contributed by atoms with Crippen molar-refractivity contribution in [1.29, 1.82) is 0 Å². The van der Waals surface area contributed by atoms with Crippen molar-refractivity contribution in [3.05, 3.63) is 59.5 Å². The van der Waals surface area contributed by atoms with Gasteiger partial charge in [0.15, 0.2) is 0 Å². The molecule has 0 atom stereocenters. The highest BCUT2D eigenvalue weighted by molar-refractivity contribution is 6.04. The second-order valence-corrected chi connectivity index (χ2v) is 6.87. The zero-order chi connectivity index (χ0) is 19.2. The number of hydrogen-bond acceptors (Lipinski definition) is 3. The largest absolute Gasteiger partial charge is 0.494 e. The Morgan fingerprint density at radius 1 is 1.11 bits per heavy atom. The Labute approximate surface area is 160 Å². The highest BCUT2D eigenvalue weighted by atomic mass is 16.5. The standard InChI is InChI=1S/C22H27N3O2/c1-4-5-6-7-14-27-19-10-8-18(9-11-19)24-22(26)21-17(3)23-20-15-16(2)12-13-25(20)21/h8-13,15H,4-7,14H2,1-3H3,(H,24,26). The number of imidazole rings is 1. The van der Waals surface area contributed by atoms with Gasteiger partial charge in [-0.05, 0) is 62.2 Å². The number of anilines is 1. The number of aryl methyl sites for hydroxylation is 2. The van der Waals surface area contributed by atoms with Gasteiger partial charge in [-0.2, -0.15) is 0 Å². The van der Waals surface area contributed by atoms with E-state index in [0.29, 0.717) is 11.4 Å². The minimum atomic E-state index is -0.169. The lowest BCUT2D eigenvalue weighted by molar-refractivity contribution is 0.102. The summed E-state index contributed by atoms with van der Waals surface area (Å²) in [6, 6.07) is 11.4. The Kier molecular flexibility index (Phi) is 6.12. The van der Waals surface area contributed by atoms with Crippen LogP contribution in [0.1, 0.15) is 54.4 Å². The normalized spacial score (nSPS) is 10.9. The monoisotopic (exact) mass is 365 g/mol. The number of nitrogens with zero attached hydrogens (tertiary/aromatic N) is 2. The number of nitrogens with one attached hydrogen (secondary N) is 1. The van der Waals surface area contributed by atoms with Crippen LogP contribution < -0.4 is 10.1 Å². The summed E-state index contributed by atoms with van der Waals surface area (Å²) in [4.78, 5) is 17.2. The summed E-state index contributed by atoms with van der Waals surface area (Å²) >= 11 is 0. The molecule has 0 unspecified atom stereocenters. The number of unbranched alkanes of at least 4 members (excludes halogenated alkanes) is 3. The highest BCUT2D eigenvalue weighted by Gasteiger charge is 2.16. The molecule has 2 heterocycles. The molecule has 3 aromatic rings. The van der Waals surface area contributed by atoms with E-state index in [4.69, 9.17) is 4.74 Å². The summed E-state index contributed by atoms with van der Waals surface area (Å²) in [5.74, 6) is 0.656. The molecule has 3 rings (SSSR count). The molecule has 0 spiro atoms. The third kappa shape index (κ3) is 4.67. The van der Waals surface area contributed by atoms with Gasteiger partial charge in [0.1, 0.15) is 17.1 Å². The van der Waals surface area contributed by atoms with E-state index in [1.807, 2.05) is 60.8 Å². The minimum Gasteiger partial charge on any atom is -0.494 e. The fourth-order valence-electron chi connectivity index (χ4n) is 3.08. The van der Waals surface area contributed by atoms with Crippen molar-refractivity contribution >= 4 is 17.2 Å². The van der Waals surface area contributed by atoms with Crippen LogP contribution in [0.3, 0.4) is 0 Å². The molecule has 0 saturated carbocycles. The Morgan fingerprint density at radius 3 is 2.63 bits per heavy atom. The van der Waals surface area contributed by atoms with Crippen LogP contribution in [0.5, 0.6) is 5.75 Å². The topological polar surface area (TPSA) is 55.6 Å². The Morgan fingerprint density at radius 2 is 1.89 bits per heavy atom. The van der Waals surface area contributed by atoms with Gasteiger partial charge in [-0.15, -0.1) is 0 Å². The van der Waals surface area contributed by atoms with Gasteiger partial charge in [-0.25, -0.2) is 4.98 Å². The Hall–Kier alpha value is -2.82. The van der Waals surface area contributed by atoms with Crippen molar-refractivity contribution in [2.75, 3.05) is 11.9 Å². The first-order valence-corrected chi connectivity index (χ1v) is 9.58. The molecule has 1 amide bonds. The lowest BCUT2D eigenvalue weighted by atomic mass is 10.2. The van der Waals surface area contributed by atoms with Crippen molar-refractivity contribution in [2.45, 2.75) is 46.5 Å². The Bertz CT molecular complexity index is 913. The van der Waals surface area contributed by atoms with Crippen molar-refractivity contribution in [2.24, 2.45) is 0 Å². The van der Waals surface area contributed by atoms with E-state index >= 15 is 0 Å². The van der Waals surface area contributed by atoms with Gasteiger partial charge in [-0.3, -0.25) is 9.20 Å². The first-order valence-electron chi connectivity index (χ1n) is 9.58. The number of amides is 1. The third-order valence-corrected chi connectivity index (χ3v) is 4.55. The van der Waals surface area contributed by atoms with Crippen LogP contribution in [0.4, 0.5) is 5.69 Å². The highest BCUT2D eigenvalue weighted by Crippen LogP contribution is 2.19. The molecule has 1 N–H and O–H groups in total. The van der Waals surface area contributed by atoms with Crippen LogP contribution in [0.15, 0.2) is 42.6 Å². The molecule has 0 fully saturated rings. The van der Waals surface area contributed by atoms with E-state index in [-0.39, 0.29) is 5.91 Å². The fourth-order valence-corrected chi connectivity index (χ4v) is 3.08. The molecule has 142 valence electrons. The summed E-state index contributed by atoms with van der Waals surface area (Å²) in [7, 11) is 0. The number of fused-ring (bicyclic) bond motifs is 1. The van der Waals surface area contributed by atoms with Gasteiger partial charge in [0.25, 0.3) is 5.91 Å². The zero-order valence-corrected chi connectivity index (χ0v) is 16.3. The predicted octanol–water partition coefficient (Wildman–Crippen LogP) is 5.16. The van der Waals surface area contributed by atoms with E-state index in [1.165, 1.54) is 19.3 Å². The lowest BCUT2D eigenvalue weighted by Gasteiger charge is -2.09. The van der Waals surface area contributed by atoms with Crippen LogP contribution in [0.25, 0.3) is 5.65 Å². The quantitative estimate of drug-likeness (QED) is 0.561. The fraction of sp³-hybridized carbons (Fsp3) is 0.364. The van der Waals surface area contributed by atoms with Crippen molar-refractivity contribution in [1.82, 2.24) is 9.38 Å². The first kappa shape index (κ1) is 19.0. The molecule has 0 bridgehead atoms. The summed E-state index contributed by atoms with van der Waals surface area (Å²) in [5.41, 5.74) is 3.90. The van der Waals surface area contributed by atoms with E-state index in [0.717, 1.165) is 35.7 Å². The Balaban J connectivity index is 1.64. The number of pyridine rings is 1. The first-order chi connectivity index (χ1) is 13.1. The maximum Gasteiger partial charge on any atom is 0.274 e. The van der Waals surface area contributed by atoms with Crippen molar-refractivity contribution in [3.8, 4) is 5.75 Å². The smallest absolute Gasteiger partial charge is 0.274 e. The van der Waals surface area contributed by atoms with Crippen LogP contribution in [0.2, 0.25) is 0 Å². The summed E-state index contributed by atoms with van der Waals surface area (Å²) in [6.45, 7) is 6.79. The van der Waals surface area contributed by atoms with Crippen LogP contribution in [-0.4, -0.2) is 21.9 Å². The predicted molar refractivity (Wildman–Crippen MR) is 109 cm³/mol. The second-order valence-electron chi connectivity index (χ2n) is 6.87. The number of carbonyl (C=O) groups is 1. The molecule has 0 aliphatic carbocycles. The average Bonchev–Trinajstić information content (AvgIpc) is 2.97. The number of ether oxygens (including phenoxy) is 1. The number of carbonyl (C=O) groups excluding carboxylic acids is 1. The lowest BCUT2D eigenvalue weighted by Crippen LogP contribution is -2.15. The van der Waals surface area contributed by atoms with Gasteiger partial charge >= 0.3 is 0 Å². The molecule has 2 aromatic heterocycles. The molecule has 0 aliphatic rings. The number of benzene rings is 1. The molecular formula is C22H27N3O2. The third-order valence-electron chi connectivity index (χ3n) is 4.55. The van der Waals surface area contributed by atoms with Gasteiger partial charge < -0.3 is 10.1 Å². The van der Waals surface area contributed by atoms with Crippen LogP contribution >= 0.6 is 0 Å². The van der Waals surface area contributed by atoms with E-state index in [9.17, 15) is 4.79 Å². The van der Waals surface area contributed by atoms with Crippen LogP contribution in [-0.2, 0) is 0 Å². The summed E-state index contributed by atoms with van der Waals surface area (Å²) in [5, 5.41) is 2.95. The van der Waals surface area contributed by atoms with Gasteiger partial charge in [0, 0.05) is 11.9 Å². The van der Waals surface area contributed by atoms with E-state index < -0.39 is 0 Å². The molecule has 0 aliphatic heterocycles. The maximum atomic E-state index is 12.7. The molecule has 5 heteroatoms. The van der Waals surface area contributed by atoms with Gasteiger partial charge in [0.2, 0.25) is 0 Å². The zero-order valence-electron chi connectivity index (χ0n) is 16.3. The van der Waals surface area contributed by atoms with Gasteiger partial charge in [0.05, 0.1) is 12.3 Å². The van der Waals surface area contributed by atoms with Crippen LogP contribution in [0, 0.1) is 13.8 Å². The van der Waals surface area contributed by atoms with Crippen molar-refractivity contribution in [3.63, 3.8) is 0 Å². The SMILES string of the molecule is CCCCCCOc1ccc(NC(=O)c2c(C)nc3cc(C)ccn23)cc1. The molecule has 0 radical (unpaired) electrons. The molecular weight excluding hydrogens is 338 g/mol. The number of hydrogen-bond donors (Lipinski definition) is 1. The molecule has 1 aromatic carbocycles. The summed E-state index contributed by atoms with van der Waals surface area (Å²) in [6.07, 6.45) is 6.62. The second kappa shape index (κ2) is 8.71.